The van der Waals surface area contributed by atoms with Crippen LogP contribution in [0.2, 0.25) is 0 Å². The Bertz CT molecular complexity index is 379. The third-order valence-corrected chi connectivity index (χ3v) is 1.60. The summed E-state index contributed by atoms with van der Waals surface area (Å²) >= 11 is 0. The number of ether oxygens (including phenoxy) is 2. The number of rotatable bonds is 4. The highest BCUT2D eigenvalue weighted by Gasteiger charge is 2.01. The van der Waals surface area contributed by atoms with Crippen LogP contribution >= 0.6 is 0 Å². The maximum Gasteiger partial charge on any atom is 0.343 e. The molecule has 0 saturated heterocycles. The van der Waals surface area contributed by atoms with Crippen LogP contribution in [-0.4, -0.2) is 25.8 Å². The van der Waals surface area contributed by atoms with Gasteiger partial charge < -0.3 is 9.47 Å². The smallest absolute Gasteiger partial charge is 0.343 e. The van der Waals surface area contributed by atoms with Crippen molar-refractivity contribution in [1.82, 2.24) is 0 Å². The first-order valence-corrected chi connectivity index (χ1v) is 4.14. The van der Waals surface area contributed by atoms with E-state index in [1.54, 1.807) is 24.3 Å². The lowest BCUT2D eigenvalue weighted by atomic mass is 10.3. The Balaban J connectivity index is 2.56. The van der Waals surface area contributed by atoms with Crippen LogP contribution in [0.15, 0.2) is 29.3 Å². The number of hydrogen-bond acceptors (Lipinski definition) is 5. The van der Waals surface area contributed by atoms with E-state index >= 15 is 0 Å². The van der Waals surface area contributed by atoms with Gasteiger partial charge >= 0.3 is 5.97 Å². The number of methoxy groups -OCH3 is 1. The molecule has 0 bridgehead atoms. The first kappa shape index (κ1) is 10.9. The molecule has 1 aromatic rings. The van der Waals surface area contributed by atoms with E-state index in [0.717, 1.165) is 0 Å². The van der Waals surface area contributed by atoms with Crippen molar-refractivity contribution in [3.8, 4) is 5.75 Å². The van der Waals surface area contributed by atoms with Gasteiger partial charge in [0.2, 0.25) is 6.08 Å². The van der Waals surface area contributed by atoms with E-state index in [2.05, 4.69) is 9.73 Å². The highest BCUT2D eigenvalue weighted by Crippen LogP contribution is 2.17. The van der Waals surface area contributed by atoms with Crippen LogP contribution in [0.25, 0.3) is 0 Å². The molecule has 1 aromatic carbocycles. The van der Waals surface area contributed by atoms with E-state index in [1.165, 1.54) is 13.2 Å². The Kier molecular flexibility index (Phi) is 4.06. The Labute approximate surface area is 86.3 Å². The fraction of sp³-hybridized carbons (Fsp3) is 0.200. The monoisotopic (exact) mass is 207 g/mol. The molecule has 15 heavy (non-hydrogen) atoms. The van der Waals surface area contributed by atoms with Gasteiger partial charge in [0.25, 0.3) is 0 Å². The van der Waals surface area contributed by atoms with E-state index in [4.69, 9.17) is 4.74 Å². The van der Waals surface area contributed by atoms with Gasteiger partial charge in [0.15, 0.2) is 6.61 Å². The van der Waals surface area contributed by atoms with Crippen LogP contribution in [0, 0.1) is 0 Å². The summed E-state index contributed by atoms with van der Waals surface area (Å²) in [5.41, 5.74) is 0.482. The van der Waals surface area contributed by atoms with Crippen molar-refractivity contribution in [1.29, 1.82) is 0 Å². The SMILES string of the molecule is COC(=O)COc1ccc(N=C=O)cc1. The zero-order valence-electron chi connectivity index (χ0n) is 8.10. The second kappa shape index (κ2) is 5.57. The van der Waals surface area contributed by atoms with Crippen molar-refractivity contribution < 1.29 is 19.1 Å². The van der Waals surface area contributed by atoms with Crippen molar-refractivity contribution in [3.05, 3.63) is 24.3 Å². The normalized spacial score (nSPS) is 8.87. The molecular formula is C10H9NO4. The molecule has 1 rings (SSSR count). The zero-order valence-corrected chi connectivity index (χ0v) is 8.10. The predicted molar refractivity (Wildman–Crippen MR) is 51.7 cm³/mol. The highest BCUT2D eigenvalue weighted by molar-refractivity contribution is 5.70. The number of isocyanates is 1. The number of nitrogens with zero attached hydrogens (tertiary/aromatic N) is 1. The van der Waals surface area contributed by atoms with E-state index in [0.29, 0.717) is 11.4 Å². The quantitative estimate of drug-likeness (QED) is 0.423. The minimum Gasteiger partial charge on any atom is -0.482 e. The summed E-state index contributed by atoms with van der Waals surface area (Å²) in [7, 11) is 1.29. The van der Waals surface area contributed by atoms with Gasteiger partial charge in [-0.25, -0.2) is 9.59 Å². The second-order valence-electron chi connectivity index (χ2n) is 2.56. The third-order valence-electron chi connectivity index (χ3n) is 1.60. The largest absolute Gasteiger partial charge is 0.482 e. The van der Waals surface area contributed by atoms with Crippen LogP contribution in [0.4, 0.5) is 5.69 Å². The molecule has 5 heteroatoms. The van der Waals surface area contributed by atoms with E-state index < -0.39 is 5.97 Å². The predicted octanol–water partition coefficient (Wildman–Crippen LogP) is 1.21. The molecular weight excluding hydrogens is 198 g/mol. The van der Waals surface area contributed by atoms with Gasteiger partial charge in [0.1, 0.15) is 5.75 Å². The van der Waals surface area contributed by atoms with Crippen molar-refractivity contribution in [3.63, 3.8) is 0 Å². The van der Waals surface area contributed by atoms with Crippen LogP contribution in [0.1, 0.15) is 0 Å². The summed E-state index contributed by atoms with van der Waals surface area (Å²) in [5.74, 6) is 0.0511. The van der Waals surface area contributed by atoms with Gasteiger partial charge in [-0.15, -0.1) is 0 Å². The molecule has 0 heterocycles. The molecule has 0 spiro atoms. The topological polar surface area (TPSA) is 65.0 Å². The number of hydrogen-bond donors (Lipinski definition) is 0. The summed E-state index contributed by atoms with van der Waals surface area (Å²) in [6.07, 6.45) is 1.42. The molecule has 0 atom stereocenters. The van der Waals surface area contributed by atoms with E-state index in [-0.39, 0.29) is 6.61 Å². The Morgan fingerprint density at radius 2 is 2.07 bits per heavy atom. The van der Waals surface area contributed by atoms with Crippen LogP contribution in [0.3, 0.4) is 0 Å². The van der Waals surface area contributed by atoms with Crippen molar-refractivity contribution in [2.24, 2.45) is 4.99 Å². The van der Waals surface area contributed by atoms with Crippen molar-refractivity contribution in [2.75, 3.05) is 13.7 Å². The minimum atomic E-state index is -0.454. The first-order valence-electron chi connectivity index (χ1n) is 4.14. The lowest BCUT2D eigenvalue weighted by molar-refractivity contribution is -0.142. The lowest BCUT2D eigenvalue weighted by Crippen LogP contribution is -2.12. The van der Waals surface area contributed by atoms with Crippen LogP contribution < -0.4 is 4.74 Å². The Morgan fingerprint density at radius 1 is 1.40 bits per heavy atom. The molecule has 0 fully saturated rings. The van der Waals surface area contributed by atoms with Gasteiger partial charge in [-0.2, -0.15) is 4.99 Å². The minimum absolute atomic E-state index is 0.146. The molecule has 78 valence electrons. The van der Waals surface area contributed by atoms with Gasteiger partial charge in [-0.3, -0.25) is 0 Å². The summed E-state index contributed by atoms with van der Waals surface area (Å²) < 4.78 is 9.48. The van der Waals surface area contributed by atoms with Gasteiger partial charge in [-0.1, -0.05) is 0 Å². The molecule has 0 aliphatic heterocycles. The molecule has 0 saturated carbocycles. The molecule has 0 radical (unpaired) electrons. The molecule has 0 N–H and O–H groups in total. The van der Waals surface area contributed by atoms with Crippen molar-refractivity contribution >= 4 is 17.7 Å². The van der Waals surface area contributed by atoms with Crippen molar-refractivity contribution in [2.45, 2.75) is 0 Å². The number of carbonyl (C=O) groups excluding carboxylic acids is 2. The molecule has 0 aliphatic carbocycles. The number of aliphatic imine (C=N–C) groups is 1. The number of esters is 1. The van der Waals surface area contributed by atoms with Crippen LogP contribution in [0.5, 0.6) is 5.75 Å². The maximum absolute atomic E-state index is 10.7. The van der Waals surface area contributed by atoms with Gasteiger partial charge in [-0.05, 0) is 24.3 Å². The molecule has 0 aromatic heterocycles. The molecule has 0 aliphatic rings. The summed E-state index contributed by atoms with van der Waals surface area (Å²) in [6, 6.07) is 6.35. The molecule has 0 amide bonds. The van der Waals surface area contributed by atoms with E-state index in [9.17, 15) is 9.59 Å². The van der Waals surface area contributed by atoms with Gasteiger partial charge in [0, 0.05) is 0 Å². The zero-order chi connectivity index (χ0) is 11.1. The summed E-state index contributed by atoms with van der Waals surface area (Å²) in [6.45, 7) is -0.146. The summed E-state index contributed by atoms with van der Waals surface area (Å²) in [4.78, 5) is 24.1. The summed E-state index contributed by atoms with van der Waals surface area (Å²) in [5, 5.41) is 0. The third kappa shape index (κ3) is 3.62. The van der Waals surface area contributed by atoms with Crippen LogP contribution in [-0.2, 0) is 14.3 Å². The molecule has 5 nitrogen and oxygen atoms in total. The average Bonchev–Trinajstić information content (AvgIpc) is 2.28. The maximum atomic E-state index is 10.7. The fourth-order valence-electron chi connectivity index (χ4n) is 0.871. The standard InChI is InChI=1S/C10H9NO4/c1-14-10(13)6-15-9-4-2-8(3-5-9)11-7-12/h2-5H,6H2,1H3. The highest BCUT2D eigenvalue weighted by atomic mass is 16.6. The average molecular weight is 207 g/mol. The Hall–Kier alpha value is -2.13. The second-order valence-corrected chi connectivity index (χ2v) is 2.56. The fourth-order valence-corrected chi connectivity index (χ4v) is 0.871. The van der Waals surface area contributed by atoms with E-state index in [1.807, 2.05) is 0 Å². The number of carbonyl (C=O) groups is 1. The molecule has 0 unspecified atom stereocenters. The Morgan fingerprint density at radius 3 is 2.60 bits per heavy atom. The number of benzene rings is 1. The lowest BCUT2D eigenvalue weighted by Gasteiger charge is -2.03. The first-order chi connectivity index (χ1) is 7.26. The van der Waals surface area contributed by atoms with Gasteiger partial charge in [0.05, 0.1) is 12.8 Å².